The van der Waals surface area contributed by atoms with Crippen molar-refractivity contribution >= 4 is 5.82 Å². The summed E-state index contributed by atoms with van der Waals surface area (Å²) in [5.41, 5.74) is 1.06. The smallest absolute Gasteiger partial charge is 0.151 e. The van der Waals surface area contributed by atoms with Crippen molar-refractivity contribution in [1.82, 2.24) is 10.2 Å². The van der Waals surface area contributed by atoms with Crippen LogP contribution in [0.4, 0.5) is 5.82 Å². The van der Waals surface area contributed by atoms with E-state index in [9.17, 15) is 0 Å². The minimum atomic E-state index is 0.472. The van der Waals surface area contributed by atoms with Gasteiger partial charge in [-0.2, -0.15) is 10.4 Å². The molecule has 0 atom stereocenters. The van der Waals surface area contributed by atoms with Crippen molar-refractivity contribution in [3.05, 3.63) is 17.8 Å². The van der Waals surface area contributed by atoms with E-state index in [1.54, 1.807) is 13.3 Å². The molecule has 0 saturated carbocycles. The highest BCUT2D eigenvalue weighted by molar-refractivity contribution is 5.39. The third-order valence-corrected chi connectivity index (χ3v) is 2.16. The van der Waals surface area contributed by atoms with Crippen molar-refractivity contribution in [2.75, 3.05) is 31.7 Å². The molecule has 0 aromatic carbocycles. The van der Waals surface area contributed by atoms with Gasteiger partial charge in [0.05, 0.1) is 25.3 Å². The summed E-state index contributed by atoms with van der Waals surface area (Å²) in [4.78, 5) is 2.01. The van der Waals surface area contributed by atoms with Crippen LogP contribution in [0.25, 0.3) is 0 Å². The lowest BCUT2D eigenvalue weighted by atomic mass is 10.3. The van der Waals surface area contributed by atoms with E-state index in [1.807, 2.05) is 17.9 Å². The third kappa shape index (κ3) is 3.83. The quantitative estimate of drug-likeness (QED) is 0.719. The average Bonchev–Trinajstić information content (AvgIpc) is 2.29. The van der Waals surface area contributed by atoms with Gasteiger partial charge >= 0.3 is 0 Å². The summed E-state index contributed by atoms with van der Waals surface area (Å²) in [6, 6.07) is 4.09. The van der Waals surface area contributed by atoms with Crippen LogP contribution in [-0.4, -0.2) is 37.0 Å². The summed E-state index contributed by atoms with van der Waals surface area (Å²) in [5.74, 6) is 0.798. The van der Waals surface area contributed by atoms with Crippen LogP contribution in [0, 0.1) is 18.3 Å². The summed E-state index contributed by atoms with van der Waals surface area (Å²) in [6.45, 7) is 3.95. The Morgan fingerprint density at radius 1 is 1.50 bits per heavy atom. The minimum absolute atomic E-state index is 0.472. The Kier molecular flexibility index (Phi) is 5.23. The SMILES string of the molecule is COCCN(CCC#N)c1cc(C)cnn1. The Morgan fingerprint density at radius 2 is 2.31 bits per heavy atom. The Labute approximate surface area is 95.7 Å². The Morgan fingerprint density at radius 3 is 2.94 bits per heavy atom. The van der Waals surface area contributed by atoms with Gasteiger partial charge in [-0.05, 0) is 18.6 Å². The van der Waals surface area contributed by atoms with Crippen LogP contribution in [0.3, 0.4) is 0 Å². The molecule has 0 bridgehead atoms. The van der Waals surface area contributed by atoms with Crippen molar-refractivity contribution in [2.24, 2.45) is 0 Å². The number of rotatable bonds is 6. The van der Waals surface area contributed by atoms with E-state index in [2.05, 4.69) is 16.3 Å². The van der Waals surface area contributed by atoms with Crippen LogP contribution < -0.4 is 4.90 Å². The molecule has 0 aliphatic carbocycles. The van der Waals surface area contributed by atoms with E-state index in [0.717, 1.165) is 17.9 Å². The van der Waals surface area contributed by atoms with Crippen molar-refractivity contribution in [2.45, 2.75) is 13.3 Å². The van der Waals surface area contributed by atoms with Gasteiger partial charge in [-0.25, -0.2) is 0 Å². The summed E-state index contributed by atoms with van der Waals surface area (Å²) in [7, 11) is 1.66. The zero-order chi connectivity index (χ0) is 11.8. The standard InChI is InChI=1S/C11H16N4O/c1-10-8-11(14-13-9-10)15(5-3-4-12)6-7-16-2/h8-9H,3,5-7H2,1-2H3. The predicted molar refractivity (Wildman–Crippen MR) is 61.1 cm³/mol. The molecule has 1 aromatic rings. The second-order valence-corrected chi connectivity index (χ2v) is 3.48. The lowest BCUT2D eigenvalue weighted by Crippen LogP contribution is -2.29. The molecule has 1 aromatic heterocycles. The summed E-state index contributed by atoms with van der Waals surface area (Å²) in [5, 5.41) is 16.6. The largest absolute Gasteiger partial charge is 0.383 e. The lowest BCUT2D eigenvalue weighted by Gasteiger charge is -2.21. The molecule has 0 saturated heterocycles. The highest BCUT2D eigenvalue weighted by atomic mass is 16.5. The first-order chi connectivity index (χ1) is 7.77. The van der Waals surface area contributed by atoms with Crippen molar-refractivity contribution in [1.29, 1.82) is 5.26 Å². The third-order valence-electron chi connectivity index (χ3n) is 2.16. The van der Waals surface area contributed by atoms with Gasteiger partial charge in [0, 0.05) is 20.2 Å². The van der Waals surface area contributed by atoms with Gasteiger partial charge in [-0.15, -0.1) is 5.10 Å². The second kappa shape index (κ2) is 6.75. The van der Waals surface area contributed by atoms with Gasteiger partial charge in [0.15, 0.2) is 5.82 Å². The number of hydrogen-bond acceptors (Lipinski definition) is 5. The maximum absolute atomic E-state index is 8.60. The van der Waals surface area contributed by atoms with Crippen LogP contribution in [0.1, 0.15) is 12.0 Å². The first-order valence-corrected chi connectivity index (χ1v) is 5.18. The molecule has 5 nitrogen and oxygen atoms in total. The summed E-state index contributed by atoms with van der Waals surface area (Å²) in [6.07, 6.45) is 2.18. The maximum Gasteiger partial charge on any atom is 0.151 e. The molecule has 0 fully saturated rings. The lowest BCUT2D eigenvalue weighted by molar-refractivity contribution is 0.205. The van der Waals surface area contributed by atoms with Gasteiger partial charge < -0.3 is 9.64 Å². The molecule has 5 heteroatoms. The fourth-order valence-electron chi connectivity index (χ4n) is 1.33. The van der Waals surface area contributed by atoms with E-state index < -0.39 is 0 Å². The molecule has 0 N–H and O–H groups in total. The van der Waals surface area contributed by atoms with Gasteiger partial charge in [0.25, 0.3) is 0 Å². The Hall–Kier alpha value is -1.67. The monoisotopic (exact) mass is 220 g/mol. The first-order valence-electron chi connectivity index (χ1n) is 5.18. The summed E-state index contributed by atoms with van der Waals surface area (Å²) < 4.78 is 5.03. The van der Waals surface area contributed by atoms with Crippen LogP contribution >= 0.6 is 0 Å². The van der Waals surface area contributed by atoms with Crippen LogP contribution in [0.15, 0.2) is 12.3 Å². The number of aryl methyl sites for hydroxylation is 1. The zero-order valence-corrected chi connectivity index (χ0v) is 9.68. The fourth-order valence-corrected chi connectivity index (χ4v) is 1.33. The first kappa shape index (κ1) is 12.4. The molecule has 0 spiro atoms. The van der Waals surface area contributed by atoms with Crippen molar-refractivity contribution in [3.63, 3.8) is 0 Å². The molecule has 1 rings (SSSR count). The number of nitrogens with zero attached hydrogens (tertiary/aromatic N) is 4. The molecule has 0 amide bonds. The zero-order valence-electron chi connectivity index (χ0n) is 9.68. The van der Waals surface area contributed by atoms with E-state index in [-0.39, 0.29) is 0 Å². The second-order valence-electron chi connectivity index (χ2n) is 3.48. The fraction of sp³-hybridized carbons (Fsp3) is 0.545. The molecule has 0 radical (unpaired) electrons. The average molecular weight is 220 g/mol. The number of anilines is 1. The number of nitriles is 1. The van der Waals surface area contributed by atoms with E-state index in [4.69, 9.17) is 10.00 Å². The number of methoxy groups -OCH3 is 1. The van der Waals surface area contributed by atoms with Crippen molar-refractivity contribution < 1.29 is 4.74 Å². The van der Waals surface area contributed by atoms with E-state index in [0.29, 0.717) is 19.6 Å². The van der Waals surface area contributed by atoms with Gasteiger partial charge in [0.1, 0.15) is 0 Å². The molecule has 0 aliphatic rings. The molecule has 0 aliphatic heterocycles. The van der Waals surface area contributed by atoms with Crippen molar-refractivity contribution in [3.8, 4) is 6.07 Å². The van der Waals surface area contributed by atoms with Gasteiger partial charge in [-0.3, -0.25) is 0 Å². The normalized spacial score (nSPS) is 9.81. The highest BCUT2D eigenvalue weighted by Gasteiger charge is 2.07. The van der Waals surface area contributed by atoms with E-state index >= 15 is 0 Å². The molecular weight excluding hydrogens is 204 g/mol. The Balaban J connectivity index is 2.70. The van der Waals surface area contributed by atoms with Crippen LogP contribution in [0.5, 0.6) is 0 Å². The molecule has 16 heavy (non-hydrogen) atoms. The maximum atomic E-state index is 8.60. The van der Waals surface area contributed by atoms with Crippen LogP contribution in [-0.2, 0) is 4.74 Å². The Bertz CT molecular complexity index is 361. The van der Waals surface area contributed by atoms with Gasteiger partial charge in [0.2, 0.25) is 0 Å². The molecule has 0 unspecified atom stereocenters. The van der Waals surface area contributed by atoms with Crippen LogP contribution in [0.2, 0.25) is 0 Å². The highest BCUT2D eigenvalue weighted by Crippen LogP contribution is 2.10. The molecular formula is C11H16N4O. The minimum Gasteiger partial charge on any atom is -0.383 e. The number of ether oxygens (including phenoxy) is 1. The molecule has 86 valence electrons. The predicted octanol–water partition coefficient (Wildman–Crippen LogP) is 1.15. The molecule has 1 heterocycles. The summed E-state index contributed by atoms with van der Waals surface area (Å²) >= 11 is 0. The van der Waals surface area contributed by atoms with Gasteiger partial charge in [-0.1, -0.05) is 0 Å². The topological polar surface area (TPSA) is 62.0 Å². The van der Waals surface area contributed by atoms with E-state index in [1.165, 1.54) is 0 Å². The number of aromatic nitrogens is 2. The number of hydrogen-bond donors (Lipinski definition) is 0.